The Balaban J connectivity index is 2.41. The lowest BCUT2D eigenvalue weighted by molar-refractivity contribution is -0.140. The molecule has 0 saturated carbocycles. The standard InChI is InChI=1S/C11H11F4N/c1-2-16-5-7-3-9(11(13,14)15)10(12)4-8(7)6-16/h3-4H,2,5-6H2,1H3. The van der Waals surface area contributed by atoms with E-state index in [2.05, 4.69) is 0 Å². The van der Waals surface area contributed by atoms with Crippen molar-refractivity contribution in [2.45, 2.75) is 26.2 Å². The monoisotopic (exact) mass is 233 g/mol. The first-order valence-corrected chi connectivity index (χ1v) is 5.02. The van der Waals surface area contributed by atoms with Crippen molar-refractivity contribution in [1.29, 1.82) is 0 Å². The van der Waals surface area contributed by atoms with Gasteiger partial charge in [0.05, 0.1) is 5.56 Å². The summed E-state index contributed by atoms with van der Waals surface area (Å²) in [6, 6.07) is 1.94. The van der Waals surface area contributed by atoms with E-state index in [1.165, 1.54) is 0 Å². The number of rotatable bonds is 1. The molecule has 0 aromatic heterocycles. The molecule has 1 aliphatic rings. The van der Waals surface area contributed by atoms with E-state index < -0.39 is 17.6 Å². The Morgan fingerprint density at radius 2 is 1.75 bits per heavy atom. The van der Waals surface area contributed by atoms with Gasteiger partial charge in [0, 0.05) is 13.1 Å². The average molecular weight is 233 g/mol. The molecule has 16 heavy (non-hydrogen) atoms. The van der Waals surface area contributed by atoms with Crippen molar-refractivity contribution in [3.05, 3.63) is 34.6 Å². The summed E-state index contributed by atoms with van der Waals surface area (Å²) >= 11 is 0. The Kier molecular flexibility index (Phi) is 2.66. The second kappa shape index (κ2) is 3.73. The van der Waals surface area contributed by atoms with Crippen LogP contribution in [0.25, 0.3) is 0 Å². The van der Waals surface area contributed by atoms with Crippen molar-refractivity contribution in [1.82, 2.24) is 4.90 Å². The minimum absolute atomic E-state index is 0.467. The highest BCUT2D eigenvalue weighted by atomic mass is 19.4. The van der Waals surface area contributed by atoms with Crippen LogP contribution in [0.15, 0.2) is 12.1 Å². The van der Waals surface area contributed by atoms with Crippen LogP contribution in [-0.4, -0.2) is 11.4 Å². The molecule has 5 heteroatoms. The first kappa shape index (κ1) is 11.4. The Hall–Kier alpha value is -1.10. The fourth-order valence-corrected chi connectivity index (χ4v) is 1.93. The van der Waals surface area contributed by atoms with Gasteiger partial charge in [-0.3, -0.25) is 4.90 Å². The van der Waals surface area contributed by atoms with Crippen LogP contribution in [-0.2, 0) is 19.3 Å². The minimum Gasteiger partial charge on any atom is -0.295 e. The quantitative estimate of drug-likeness (QED) is 0.673. The highest BCUT2D eigenvalue weighted by molar-refractivity contribution is 5.37. The minimum atomic E-state index is -4.61. The van der Waals surface area contributed by atoms with Gasteiger partial charge in [-0.1, -0.05) is 6.92 Å². The maximum absolute atomic E-state index is 13.2. The fourth-order valence-electron chi connectivity index (χ4n) is 1.93. The summed E-state index contributed by atoms with van der Waals surface area (Å²) in [4.78, 5) is 1.96. The number of hydrogen-bond donors (Lipinski definition) is 0. The second-order valence-electron chi connectivity index (χ2n) is 3.90. The number of halogens is 4. The van der Waals surface area contributed by atoms with Crippen LogP contribution in [0.5, 0.6) is 0 Å². The van der Waals surface area contributed by atoms with E-state index in [9.17, 15) is 17.6 Å². The summed E-state index contributed by atoms with van der Waals surface area (Å²) in [5, 5.41) is 0. The molecular weight excluding hydrogens is 222 g/mol. The fraction of sp³-hybridized carbons (Fsp3) is 0.455. The van der Waals surface area contributed by atoms with E-state index in [4.69, 9.17) is 0 Å². The van der Waals surface area contributed by atoms with Crippen LogP contribution in [0.3, 0.4) is 0 Å². The zero-order chi connectivity index (χ0) is 11.9. The van der Waals surface area contributed by atoms with Gasteiger partial charge in [-0.2, -0.15) is 13.2 Å². The molecule has 0 radical (unpaired) electrons. The van der Waals surface area contributed by atoms with Gasteiger partial charge in [-0.15, -0.1) is 0 Å². The maximum atomic E-state index is 13.2. The predicted octanol–water partition coefficient (Wildman–Crippen LogP) is 3.18. The number of hydrogen-bond acceptors (Lipinski definition) is 1. The SMILES string of the molecule is CCN1Cc2cc(F)c(C(F)(F)F)cc2C1. The first-order valence-electron chi connectivity index (χ1n) is 5.02. The normalized spacial score (nSPS) is 16.6. The Morgan fingerprint density at radius 3 is 2.25 bits per heavy atom. The Labute approximate surface area is 90.7 Å². The number of alkyl halides is 3. The third-order valence-corrected chi connectivity index (χ3v) is 2.83. The molecule has 1 heterocycles. The molecule has 0 N–H and O–H groups in total. The summed E-state index contributed by atoms with van der Waals surface area (Å²) in [6.07, 6.45) is -4.61. The highest BCUT2D eigenvalue weighted by Gasteiger charge is 2.35. The molecule has 0 atom stereocenters. The summed E-state index contributed by atoms with van der Waals surface area (Å²) in [5.74, 6) is -1.18. The van der Waals surface area contributed by atoms with Gasteiger partial charge in [0.2, 0.25) is 0 Å². The number of benzene rings is 1. The van der Waals surface area contributed by atoms with Crippen molar-refractivity contribution in [3.8, 4) is 0 Å². The largest absolute Gasteiger partial charge is 0.419 e. The maximum Gasteiger partial charge on any atom is 0.419 e. The van der Waals surface area contributed by atoms with Gasteiger partial charge < -0.3 is 0 Å². The van der Waals surface area contributed by atoms with Crippen LogP contribution in [0, 0.1) is 5.82 Å². The highest BCUT2D eigenvalue weighted by Crippen LogP contribution is 2.35. The van der Waals surface area contributed by atoms with Crippen LogP contribution in [0.2, 0.25) is 0 Å². The lowest BCUT2D eigenvalue weighted by atomic mass is 10.1. The second-order valence-corrected chi connectivity index (χ2v) is 3.90. The third-order valence-electron chi connectivity index (χ3n) is 2.83. The van der Waals surface area contributed by atoms with E-state index in [1.807, 2.05) is 11.8 Å². The Morgan fingerprint density at radius 1 is 1.19 bits per heavy atom. The van der Waals surface area contributed by atoms with E-state index in [0.29, 0.717) is 24.2 Å². The lowest BCUT2D eigenvalue weighted by Crippen LogP contribution is -2.14. The van der Waals surface area contributed by atoms with Crippen molar-refractivity contribution in [3.63, 3.8) is 0 Å². The molecule has 2 rings (SSSR count). The third kappa shape index (κ3) is 1.91. The van der Waals surface area contributed by atoms with Crippen molar-refractivity contribution >= 4 is 0 Å². The predicted molar refractivity (Wildman–Crippen MR) is 51.2 cm³/mol. The number of fused-ring (bicyclic) bond motifs is 1. The van der Waals surface area contributed by atoms with E-state index in [0.717, 1.165) is 18.7 Å². The summed E-state index contributed by atoms with van der Waals surface area (Å²) in [7, 11) is 0. The first-order chi connectivity index (χ1) is 7.41. The molecule has 1 aromatic rings. The zero-order valence-corrected chi connectivity index (χ0v) is 8.74. The summed E-state index contributed by atoms with van der Waals surface area (Å²) in [5.41, 5.74) is 0.0760. The molecule has 88 valence electrons. The molecule has 0 bridgehead atoms. The van der Waals surface area contributed by atoms with Crippen LogP contribution >= 0.6 is 0 Å². The molecule has 0 amide bonds. The van der Waals surface area contributed by atoms with Gasteiger partial charge in [0.1, 0.15) is 5.82 Å². The van der Waals surface area contributed by atoms with Crippen LogP contribution in [0.1, 0.15) is 23.6 Å². The molecule has 1 aliphatic heterocycles. The number of nitrogens with zero attached hydrogens (tertiary/aromatic N) is 1. The topological polar surface area (TPSA) is 3.24 Å². The van der Waals surface area contributed by atoms with Gasteiger partial charge in [-0.05, 0) is 29.8 Å². The van der Waals surface area contributed by atoms with Gasteiger partial charge >= 0.3 is 6.18 Å². The average Bonchev–Trinajstić information content (AvgIpc) is 2.56. The van der Waals surface area contributed by atoms with Crippen molar-refractivity contribution < 1.29 is 17.6 Å². The molecule has 1 nitrogen and oxygen atoms in total. The van der Waals surface area contributed by atoms with Gasteiger partial charge in [-0.25, -0.2) is 4.39 Å². The summed E-state index contributed by atoms with van der Waals surface area (Å²) < 4.78 is 50.6. The molecule has 0 saturated heterocycles. The molecule has 1 aromatic carbocycles. The smallest absolute Gasteiger partial charge is 0.295 e. The van der Waals surface area contributed by atoms with Gasteiger partial charge in [0.25, 0.3) is 0 Å². The van der Waals surface area contributed by atoms with E-state index >= 15 is 0 Å². The van der Waals surface area contributed by atoms with Crippen molar-refractivity contribution in [2.75, 3.05) is 6.54 Å². The Bertz CT molecular complexity index is 411. The van der Waals surface area contributed by atoms with Crippen LogP contribution < -0.4 is 0 Å². The summed E-state index contributed by atoms with van der Waals surface area (Å²) in [6.45, 7) is 3.67. The molecule has 0 fully saturated rings. The zero-order valence-electron chi connectivity index (χ0n) is 8.74. The van der Waals surface area contributed by atoms with E-state index in [-0.39, 0.29) is 0 Å². The van der Waals surface area contributed by atoms with E-state index in [1.54, 1.807) is 0 Å². The van der Waals surface area contributed by atoms with Gasteiger partial charge in [0.15, 0.2) is 0 Å². The lowest BCUT2D eigenvalue weighted by Gasteiger charge is -2.10. The van der Waals surface area contributed by atoms with Crippen LogP contribution in [0.4, 0.5) is 17.6 Å². The van der Waals surface area contributed by atoms with Crippen molar-refractivity contribution in [2.24, 2.45) is 0 Å². The molecule has 0 spiro atoms. The molecule has 0 unspecified atom stereocenters. The molecule has 0 aliphatic carbocycles. The molecular formula is C11H11F4N.